The van der Waals surface area contributed by atoms with Gasteiger partial charge in [-0.05, 0) is 78.9 Å². The van der Waals surface area contributed by atoms with E-state index in [-0.39, 0.29) is 17.4 Å². The number of halogens is 1. The van der Waals surface area contributed by atoms with Crippen LogP contribution in [0.4, 0.5) is 5.69 Å². The Hall–Kier alpha value is -2.64. The zero-order chi connectivity index (χ0) is 20.4. The first-order chi connectivity index (χ1) is 13.3. The van der Waals surface area contributed by atoms with E-state index >= 15 is 0 Å². The molecule has 1 heterocycles. The summed E-state index contributed by atoms with van der Waals surface area (Å²) in [4.78, 5) is 26.7. The lowest BCUT2D eigenvalue weighted by Gasteiger charge is -2.10. The van der Waals surface area contributed by atoms with E-state index in [1.165, 1.54) is 0 Å². The monoisotopic (exact) mass is 444 g/mol. The van der Waals surface area contributed by atoms with Gasteiger partial charge in [0.25, 0.3) is 5.91 Å². The number of phenols is 1. The summed E-state index contributed by atoms with van der Waals surface area (Å²) < 4.78 is 5.92. The molecule has 0 fully saturated rings. The van der Waals surface area contributed by atoms with Crippen molar-refractivity contribution in [1.29, 1.82) is 0 Å². The summed E-state index contributed by atoms with van der Waals surface area (Å²) in [5, 5.41) is 12.9. The molecule has 0 unspecified atom stereocenters. The molecule has 0 saturated heterocycles. The maximum Gasteiger partial charge on any atom is 0.256 e. The maximum atomic E-state index is 12.5. The van der Waals surface area contributed by atoms with Gasteiger partial charge in [-0.1, -0.05) is 0 Å². The molecule has 1 aliphatic rings. The van der Waals surface area contributed by atoms with Crippen LogP contribution in [0.25, 0.3) is 11.6 Å². The number of rotatable bonds is 6. The first kappa shape index (κ1) is 20.1. The topological polar surface area (TPSA) is 78.9 Å². The SMILES string of the molecule is CCOc1cc(/C=C2\C(=O)Nc3ccc(C(=O)CN(C)C)cc32)cc(Br)c1O. The third-order valence-electron chi connectivity index (χ3n) is 4.25. The normalized spacial score (nSPS) is 14.3. The summed E-state index contributed by atoms with van der Waals surface area (Å²) >= 11 is 3.31. The van der Waals surface area contributed by atoms with Gasteiger partial charge < -0.3 is 20.1 Å². The summed E-state index contributed by atoms with van der Waals surface area (Å²) in [7, 11) is 3.67. The number of carbonyl (C=O) groups excluding carboxylic acids is 2. The lowest BCUT2D eigenvalue weighted by atomic mass is 10.00. The van der Waals surface area contributed by atoms with Crippen molar-refractivity contribution in [2.45, 2.75) is 6.92 Å². The number of likely N-dealkylation sites (N-methyl/N-ethyl adjacent to an activating group) is 1. The molecule has 2 N–H and O–H groups in total. The number of fused-ring (bicyclic) bond motifs is 1. The summed E-state index contributed by atoms with van der Waals surface area (Å²) in [6, 6.07) is 8.58. The molecule has 0 spiro atoms. The van der Waals surface area contributed by atoms with Crippen LogP contribution in [0.3, 0.4) is 0 Å². The summed E-state index contributed by atoms with van der Waals surface area (Å²) in [5.74, 6) is 0.0842. The van der Waals surface area contributed by atoms with Crippen molar-refractivity contribution in [2.75, 3.05) is 32.6 Å². The van der Waals surface area contributed by atoms with E-state index in [2.05, 4.69) is 21.2 Å². The standard InChI is InChI=1S/C21H21BrN2O4/c1-4-28-19-9-12(8-16(22)20(19)26)7-15-14-10-13(18(25)11-24(2)3)5-6-17(14)23-21(15)27/h5-10,26H,4,11H2,1-3H3,(H,23,27)/b15-7-. The van der Waals surface area contributed by atoms with E-state index in [0.717, 1.165) is 0 Å². The minimum atomic E-state index is -0.241. The summed E-state index contributed by atoms with van der Waals surface area (Å²) in [5.41, 5.74) is 3.04. The van der Waals surface area contributed by atoms with Crippen LogP contribution in [0.1, 0.15) is 28.4 Å². The van der Waals surface area contributed by atoms with Gasteiger partial charge in [-0.2, -0.15) is 0 Å². The van der Waals surface area contributed by atoms with Crippen molar-refractivity contribution in [3.8, 4) is 11.5 Å². The van der Waals surface area contributed by atoms with E-state index in [0.29, 0.717) is 51.3 Å². The molecule has 146 valence electrons. The molecule has 0 aliphatic carbocycles. The number of phenolic OH excluding ortho intramolecular Hbond substituents is 1. The quantitative estimate of drug-likeness (QED) is 0.523. The Labute approximate surface area is 171 Å². The maximum absolute atomic E-state index is 12.5. The Balaban J connectivity index is 2.03. The Morgan fingerprint density at radius 1 is 1.29 bits per heavy atom. The van der Waals surface area contributed by atoms with Gasteiger partial charge in [0.05, 0.1) is 17.6 Å². The van der Waals surface area contributed by atoms with Crippen LogP contribution < -0.4 is 10.1 Å². The highest BCUT2D eigenvalue weighted by Crippen LogP contribution is 2.38. The molecule has 1 aliphatic heterocycles. The van der Waals surface area contributed by atoms with E-state index < -0.39 is 0 Å². The van der Waals surface area contributed by atoms with Crippen LogP contribution in [0.15, 0.2) is 34.8 Å². The number of benzene rings is 2. The van der Waals surface area contributed by atoms with Crippen LogP contribution in [-0.2, 0) is 4.79 Å². The molecule has 2 aromatic rings. The molecular weight excluding hydrogens is 424 g/mol. The van der Waals surface area contributed by atoms with Crippen molar-refractivity contribution in [2.24, 2.45) is 0 Å². The van der Waals surface area contributed by atoms with Gasteiger partial charge in [0.2, 0.25) is 0 Å². The molecule has 7 heteroatoms. The Morgan fingerprint density at radius 2 is 2.04 bits per heavy atom. The molecule has 2 aromatic carbocycles. The Kier molecular flexibility index (Phi) is 5.86. The van der Waals surface area contributed by atoms with E-state index in [1.54, 1.807) is 41.3 Å². The molecule has 28 heavy (non-hydrogen) atoms. The number of hydrogen-bond acceptors (Lipinski definition) is 5. The number of ketones is 1. The fourth-order valence-corrected chi connectivity index (χ4v) is 3.45. The fourth-order valence-electron chi connectivity index (χ4n) is 2.99. The lowest BCUT2D eigenvalue weighted by Crippen LogP contribution is -2.21. The van der Waals surface area contributed by atoms with Crippen molar-refractivity contribution in [1.82, 2.24) is 4.90 Å². The van der Waals surface area contributed by atoms with E-state index in [4.69, 9.17) is 4.74 Å². The molecule has 0 radical (unpaired) electrons. The average molecular weight is 445 g/mol. The number of carbonyl (C=O) groups is 2. The summed E-state index contributed by atoms with van der Waals surface area (Å²) in [6.45, 7) is 2.52. The number of Topliss-reactive ketones (excluding diaryl/α,β-unsaturated/α-hetero) is 1. The van der Waals surface area contributed by atoms with Gasteiger partial charge >= 0.3 is 0 Å². The second-order valence-corrected chi connectivity index (χ2v) is 7.57. The highest BCUT2D eigenvalue weighted by atomic mass is 79.9. The fraction of sp³-hybridized carbons (Fsp3) is 0.238. The van der Waals surface area contributed by atoms with Crippen molar-refractivity contribution < 1.29 is 19.4 Å². The number of nitrogens with one attached hydrogen (secondary N) is 1. The number of anilines is 1. The predicted octanol–water partition coefficient (Wildman–Crippen LogP) is 3.79. The lowest BCUT2D eigenvalue weighted by molar-refractivity contribution is -0.110. The minimum absolute atomic E-state index is 0.0110. The second-order valence-electron chi connectivity index (χ2n) is 6.72. The molecule has 3 rings (SSSR count). The zero-order valence-corrected chi connectivity index (χ0v) is 17.5. The van der Waals surface area contributed by atoms with Gasteiger partial charge in [-0.25, -0.2) is 0 Å². The summed E-state index contributed by atoms with van der Waals surface area (Å²) in [6.07, 6.45) is 1.72. The molecule has 0 aromatic heterocycles. The van der Waals surface area contributed by atoms with Gasteiger partial charge in [-0.15, -0.1) is 0 Å². The molecule has 0 atom stereocenters. The van der Waals surface area contributed by atoms with Gasteiger partial charge in [0.15, 0.2) is 17.3 Å². The minimum Gasteiger partial charge on any atom is -0.503 e. The van der Waals surface area contributed by atoms with Crippen LogP contribution in [-0.4, -0.2) is 48.9 Å². The number of hydrogen-bond donors (Lipinski definition) is 2. The first-order valence-electron chi connectivity index (χ1n) is 8.81. The number of nitrogens with zero attached hydrogens (tertiary/aromatic N) is 1. The van der Waals surface area contributed by atoms with Crippen LogP contribution in [0.2, 0.25) is 0 Å². The molecule has 1 amide bonds. The van der Waals surface area contributed by atoms with Crippen molar-refractivity contribution in [3.63, 3.8) is 0 Å². The van der Waals surface area contributed by atoms with Gasteiger partial charge in [0, 0.05) is 22.4 Å². The smallest absolute Gasteiger partial charge is 0.256 e. The van der Waals surface area contributed by atoms with E-state index in [1.807, 2.05) is 21.0 Å². The largest absolute Gasteiger partial charge is 0.503 e. The highest BCUT2D eigenvalue weighted by Gasteiger charge is 2.25. The highest BCUT2D eigenvalue weighted by molar-refractivity contribution is 9.10. The third kappa shape index (κ3) is 4.10. The van der Waals surface area contributed by atoms with E-state index in [9.17, 15) is 14.7 Å². The van der Waals surface area contributed by atoms with Gasteiger partial charge in [-0.3, -0.25) is 9.59 Å². The Morgan fingerprint density at radius 3 is 2.71 bits per heavy atom. The molecule has 0 saturated carbocycles. The third-order valence-corrected chi connectivity index (χ3v) is 4.85. The van der Waals surface area contributed by atoms with Crippen LogP contribution >= 0.6 is 15.9 Å². The van der Waals surface area contributed by atoms with Crippen molar-refractivity contribution in [3.05, 3.63) is 51.5 Å². The number of aromatic hydroxyl groups is 1. The zero-order valence-electron chi connectivity index (χ0n) is 15.9. The molecule has 0 bridgehead atoms. The van der Waals surface area contributed by atoms with Gasteiger partial charge in [0.1, 0.15) is 0 Å². The van der Waals surface area contributed by atoms with Crippen LogP contribution in [0.5, 0.6) is 11.5 Å². The second kappa shape index (κ2) is 8.16. The van der Waals surface area contributed by atoms with Crippen LogP contribution in [0, 0.1) is 0 Å². The molecule has 6 nitrogen and oxygen atoms in total. The predicted molar refractivity (Wildman–Crippen MR) is 113 cm³/mol. The Bertz CT molecular complexity index is 983. The van der Waals surface area contributed by atoms with Crippen molar-refractivity contribution >= 4 is 45.0 Å². The number of amides is 1. The average Bonchev–Trinajstić information content (AvgIpc) is 2.93. The number of ether oxygens (including phenoxy) is 1. The first-order valence-corrected chi connectivity index (χ1v) is 9.60. The molecular formula is C21H21BrN2O4.